The Morgan fingerprint density at radius 3 is 1.86 bits per heavy atom. The van der Waals surface area contributed by atoms with Gasteiger partial charge in [0.1, 0.15) is 18.1 Å². The van der Waals surface area contributed by atoms with Gasteiger partial charge in [-0.1, -0.05) is 0 Å². The van der Waals surface area contributed by atoms with E-state index in [4.69, 9.17) is 33.1 Å². The molecular formula is C18H32N8O8S. The van der Waals surface area contributed by atoms with E-state index in [1.165, 1.54) is 0 Å². The van der Waals surface area contributed by atoms with Crippen molar-refractivity contribution >= 4 is 54.2 Å². The average Bonchev–Trinajstić information content (AvgIpc) is 2.75. The van der Waals surface area contributed by atoms with Gasteiger partial charge in [0.2, 0.25) is 23.6 Å². The van der Waals surface area contributed by atoms with Gasteiger partial charge >= 0.3 is 11.9 Å². The van der Waals surface area contributed by atoms with Crippen LogP contribution in [0.4, 0.5) is 0 Å². The third kappa shape index (κ3) is 13.6. The Morgan fingerprint density at radius 1 is 0.829 bits per heavy atom. The van der Waals surface area contributed by atoms with Crippen molar-refractivity contribution in [2.24, 2.45) is 27.9 Å². The van der Waals surface area contributed by atoms with Crippen LogP contribution in [0.5, 0.6) is 0 Å². The first kappa shape index (κ1) is 31.4. The topological polar surface area (TPSA) is 295 Å². The minimum atomic E-state index is -1.54. The molecule has 4 unspecified atom stereocenters. The van der Waals surface area contributed by atoms with E-state index < -0.39 is 72.6 Å². The van der Waals surface area contributed by atoms with Crippen molar-refractivity contribution in [1.82, 2.24) is 16.0 Å². The molecule has 0 aliphatic rings. The summed E-state index contributed by atoms with van der Waals surface area (Å²) in [5, 5.41) is 24.6. The van der Waals surface area contributed by atoms with Gasteiger partial charge in [0, 0.05) is 18.7 Å². The molecule has 0 bridgehead atoms. The Kier molecular flexibility index (Phi) is 14.4. The van der Waals surface area contributed by atoms with Crippen molar-refractivity contribution in [2.45, 2.75) is 56.3 Å². The molecule has 0 radical (unpaired) electrons. The molecule has 0 rings (SSSR count). The van der Waals surface area contributed by atoms with Crippen LogP contribution in [0.25, 0.3) is 0 Å². The lowest BCUT2D eigenvalue weighted by Gasteiger charge is -2.24. The fourth-order valence-electron chi connectivity index (χ4n) is 2.60. The van der Waals surface area contributed by atoms with Crippen LogP contribution < -0.4 is 38.9 Å². The maximum atomic E-state index is 12.8. The van der Waals surface area contributed by atoms with Gasteiger partial charge in [-0.25, -0.2) is 4.79 Å². The van der Waals surface area contributed by atoms with E-state index in [9.17, 15) is 28.8 Å². The molecule has 0 saturated carbocycles. The van der Waals surface area contributed by atoms with E-state index in [2.05, 4.69) is 33.6 Å². The van der Waals surface area contributed by atoms with Crippen LogP contribution in [0.2, 0.25) is 0 Å². The molecule has 13 N–H and O–H groups in total. The van der Waals surface area contributed by atoms with Gasteiger partial charge in [0.25, 0.3) is 0 Å². The van der Waals surface area contributed by atoms with E-state index in [1.807, 2.05) is 0 Å². The zero-order valence-corrected chi connectivity index (χ0v) is 19.7. The maximum Gasteiger partial charge on any atom is 0.327 e. The highest BCUT2D eigenvalue weighted by atomic mass is 32.1. The van der Waals surface area contributed by atoms with Crippen LogP contribution in [0.3, 0.4) is 0 Å². The third-order valence-electron chi connectivity index (χ3n) is 4.42. The molecule has 0 aliphatic heterocycles. The molecule has 198 valence electrons. The smallest absolute Gasteiger partial charge is 0.327 e. The van der Waals surface area contributed by atoms with Crippen LogP contribution in [0, 0.1) is 0 Å². The summed E-state index contributed by atoms with van der Waals surface area (Å²) >= 11 is 3.86. The number of aliphatic imine (C=N–C) groups is 1. The summed E-state index contributed by atoms with van der Waals surface area (Å²) in [6.07, 6.45) is -1.14. The number of nitrogens with zero attached hydrogens (tertiary/aromatic N) is 1. The lowest BCUT2D eigenvalue weighted by atomic mass is 10.1. The second-order valence-electron chi connectivity index (χ2n) is 7.36. The second-order valence-corrected chi connectivity index (χ2v) is 7.73. The number of nitrogens with one attached hydrogen (secondary N) is 3. The number of carbonyl (C=O) groups excluding carboxylic acids is 4. The van der Waals surface area contributed by atoms with Crippen molar-refractivity contribution in [3.63, 3.8) is 0 Å². The predicted molar refractivity (Wildman–Crippen MR) is 126 cm³/mol. The average molecular weight is 521 g/mol. The highest BCUT2D eigenvalue weighted by molar-refractivity contribution is 7.80. The first-order chi connectivity index (χ1) is 16.3. The molecule has 0 heterocycles. The predicted octanol–water partition coefficient (Wildman–Crippen LogP) is -4.42. The van der Waals surface area contributed by atoms with Crippen molar-refractivity contribution in [3.8, 4) is 0 Å². The lowest BCUT2D eigenvalue weighted by molar-refractivity contribution is -0.142. The van der Waals surface area contributed by atoms with Gasteiger partial charge in [-0.05, 0) is 19.3 Å². The minimum Gasteiger partial charge on any atom is -0.481 e. The number of hydrogen-bond acceptors (Lipinski definition) is 9. The normalized spacial score (nSPS) is 13.9. The van der Waals surface area contributed by atoms with Crippen molar-refractivity contribution in [3.05, 3.63) is 0 Å². The Labute approximate surface area is 206 Å². The number of primary amides is 1. The van der Waals surface area contributed by atoms with Crippen LogP contribution in [0.15, 0.2) is 4.99 Å². The Hall–Kier alpha value is -3.60. The van der Waals surface area contributed by atoms with Gasteiger partial charge in [0.05, 0.1) is 12.5 Å². The third-order valence-corrected chi connectivity index (χ3v) is 4.78. The number of carboxylic acids is 2. The number of carboxylic acid groups (broad SMARTS) is 2. The fraction of sp³-hybridized carbons (Fsp3) is 0.611. The van der Waals surface area contributed by atoms with E-state index in [0.717, 1.165) is 0 Å². The van der Waals surface area contributed by atoms with E-state index >= 15 is 0 Å². The molecule has 0 spiro atoms. The van der Waals surface area contributed by atoms with Gasteiger partial charge < -0.3 is 49.1 Å². The number of aliphatic carboxylic acids is 2. The summed E-state index contributed by atoms with van der Waals surface area (Å²) in [6, 6.07) is -5.48. The van der Waals surface area contributed by atoms with Crippen LogP contribution in [-0.4, -0.2) is 88.2 Å². The summed E-state index contributed by atoms with van der Waals surface area (Å²) in [5.41, 5.74) is 21.2. The molecule has 0 aromatic rings. The second kappa shape index (κ2) is 16.1. The Bertz CT molecular complexity index is 820. The summed E-state index contributed by atoms with van der Waals surface area (Å²) in [6.45, 7) is 0.0940. The number of amides is 4. The zero-order valence-electron chi connectivity index (χ0n) is 18.8. The van der Waals surface area contributed by atoms with Gasteiger partial charge in [-0.3, -0.25) is 29.0 Å². The molecule has 0 aliphatic carbocycles. The van der Waals surface area contributed by atoms with Crippen LogP contribution in [0.1, 0.15) is 32.1 Å². The Balaban J connectivity index is 5.52. The fourth-order valence-corrected chi connectivity index (χ4v) is 2.85. The van der Waals surface area contributed by atoms with Gasteiger partial charge in [0.15, 0.2) is 5.96 Å². The summed E-state index contributed by atoms with van der Waals surface area (Å²) in [5.74, 6) is -6.69. The number of rotatable bonds is 17. The highest BCUT2D eigenvalue weighted by Gasteiger charge is 2.30. The molecule has 0 saturated heterocycles. The summed E-state index contributed by atoms with van der Waals surface area (Å²) in [4.78, 5) is 74.7. The van der Waals surface area contributed by atoms with Gasteiger partial charge in [-0.15, -0.1) is 0 Å². The van der Waals surface area contributed by atoms with E-state index in [0.29, 0.717) is 0 Å². The molecule has 35 heavy (non-hydrogen) atoms. The van der Waals surface area contributed by atoms with Crippen molar-refractivity contribution in [2.75, 3.05) is 12.3 Å². The monoisotopic (exact) mass is 520 g/mol. The SMILES string of the molecule is NC(=O)CC(NC(=O)C(N)CCC(=O)O)C(=O)NC(CCCN=C(N)N)C(=O)NC(CS)C(=O)O. The highest BCUT2D eigenvalue weighted by Crippen LogP contribution is 2.04. The van der Waals surface area contributed by atoms with E-state index in [-0.39, 0.29) is 37.5 Å². The molecule has 0 aromatic heterocycles. The molecule has 4 amide bonds. The lowest BCUT2D eigenvalue weighted by Crippen LogP contribution is -2.58. The maximum absolute atomic E-state index is 12.8. The largest absolute Gasteiger partial charge is 0.481 e. The first-order valence-electron chi connectivity index (χ1n) is 10.3. The molecule has 16 nitrogen and oxygen atoms in total. The molecule has 0 fully saturated rings. The minimum absolute atomic E-state index is 0.0391. The van der Waals surface area contributed by atoms with Gasteiger partial charge in [-0.2, -0.15) is 12.6 Å². The summed E-state index contributed by atoms with van der Waals surface area (Å²) in [7, 11) is 0. The van der Waals surface area contributed by atoms with E-state index in [1.54, 1.807) is 0 Å². The van der Waals surface area contributed by atoms with Crippen LogP contribution >= 0.6 is 12.6 Å². The number of hydrogen-bond donors (Lipinski definition) is 10. The first-order valence-corrected chi connectivity index (χ1v) is 11.0. The quantitative estimate of drug-likeness (QED) is 0.0377. The number of nitrogens with two attached hydrogens (primary N) is 4. The zero-order chi connectivity index (χ0) is 27.1. The van der Waals surface area contributed by atoms with Crippen molar-refractivity contribution < 1.29 is 39.0 Å². The number of thiol groups is 1. The Morgan fingerprint density at radius 2 is 1.37 bits per heavy atom. The molecular weight excluding hydrogens is 488 g/mol. The number of carbonyl (C=O) groups is 6. The van der Waals surface area contributed by atoms with Crippen LogP contribution in [-0.2, 0) is 28.8 Å². The standard InChI is InChI=1S/C18H32N8O8S/c19-8(3-4-13(28)29)14(30)25-10(6-12(20)27)16(32)24-9(2-1-5-23-18(21)22)15(31)26-11(7-35)17(33)34/h8-11,35H,1-7,19H2,(H2,20,27)(H,24,32)(H,25,30)(H,26,31)(H,28,29)(H,33,34)(H4,21,22,23). The number of guanidine groups is 1. The molecule has 4 atom stereocenters. The van der Waals surface area contributed by atoms with Crippen molar-refractivity contribution in [1.29, 1.82) is 0 Å². The molecule has 0 aromatic carbocycles. The summed E-state index contributed by atoms with van der Waals surface area (Å²) < 4.78 is 0. The molecule has 17 heteroatoms.